The molecule has 1 heterocycles. The first kappa shape index (κ1) is 9.12. The smallest absolute Gasteiger partial charge is 0.354 e. The normalized spacial score (nSPS) is 17.9. The summed E-state index contributed by atoms with van der Waals surface area (Å²) in [5.41, 5.74) is 0.770. The number of aryl methyl sites for hydroxylation is 1. The first-order valence-electron chi connectivity index (χ1n) is 4.60. The molecule has 0 unspecified atom stereocenters. The van der Waals surface area contributed by atoms with Gasteiger partial charge in [0.25, 0.3) is 0 Å². The Balaban J connectivity index is 2.46. The van der Waals surface area contributed by atoms with Gasteiger partial charge in [-0.05, 0) is 19.8 Å². The summed E-state index contributed by atoms with van der Waals surface area (Å²) in [7, 11) is 0. The van der Waals surface area contributed by atoms with Crippen LogP contribution in [0.2, 0.25) is 0 Å². The molecule has 1 aromatic heterocycles. The second kappa shape index (κ2) is 2.77. The Hall–Kier alpha value is -1.45. The van der Waals surface area contributed by atoms with Gasteiger partial charge in [-0.15, -0.1) is 0 Å². The number of nitrogens with zero attached hydrogens (tertiary/aromatic N) is 2. The van der Waals surface area contributed by atoms with Crippen molar-refractivity contribution >= 4 is 5.97 Å². The molecule has 0 bridgehead atoms. The lowest BCUT2D eigenvalue weighted by Gasteiger charge is -2.08. The molecule has 1 aliphatic rings. The zero-order valence-corrected chi connectivity index (χ0v) is 8.24. The number of hydrogen-bond donors (Lipinski definition) is 1. The minimum atomic E-state index is -0.976. The van der Waals surface area contributed by atoms with Crippen LogP contribution in [0.4, 0.5) is 0 Å². The molecule has 1 aliphatic carbocycles. The van der Waals surface area contributed by atoms with Crippen molar-refractivity contribution in [3.8, 4) is 0 Å². The zero-order chi connectivity index (χ0) is 10.3. The fourth-order valence-electron chi connectivity index (χ4n) is 1.36. The highest BCUT2D eigenvalue weighted by molar-refractivity contribution is 5.86. The van der Waals surface area contributed by atoms with E-state index in [2.05, 4.69) is 16.9 Å². The van der Waals surface area contributed by atoms with Crippen LogP contribution in [-0.4, -0.2) is 21.0 Å². The second-order valence-electron chi connectivity index (χ2n) is 4.09. The largest absolute Gasteiger partial charge is 0.477 e. The number of carboxylic acids is 1. The number of rotatable bonds is 2. The van der Waals surface area contributed by atoms with Crippen LogP contribution in [-0.2, 0) is 5.41 Å². The summed E-state index contributed by atoms with van der Waals surface area (Å²) in [6, 6.07) is 0. The fraction of sp³-hybridized carbons (Fsp3) is 0.500. The molecule has 1 fully saturated rings. The molecule has 4 heteroatoms. The molecule has 0 amide bonds. The van der Waals surface area contributed by atoms with Crippen molar-refractivity contribution in [2.75, 3.05) is 0 Å². The third kappa shape index (κ3) is 1.36. The molecule has 0 aliphatic heterocycles. The second-order valence-corrected chi connectivity index (χ2v) is 4.09. The van der Waals surface area contributed by atoms with E-state index in [1.807, 2.05) is 0 Å². The first-order chi connectivity index (χ1) is 6.53. The first-order valence-corrected chi connectivity index (χ1v) is 4.60. The number of carboxylic acid groups (broad SMARTS) is 1. The average Bonchev–Trinajstić information content (AvgIpc) is 2.85. The summed E-state index contributed by atoms with van der Waals surface area (Å²) in [5.74, 6) is -0.309. The Labute approximate surface area is 82.0 Å². The highest BCUT2D eigenvalue weighted by Gasteiger charge is 2.42. The molecule has 1 saturated carbocycles. The van der Waals surface area contributed by atoms with E-state index in [4.69, 9.17) is 5.11 Å². The maximum atomic E-state index is 10.8. The Bertz CT molecular complexity index is 397. The van der Waals surface area contributed by atoms with Crippen LogP contribution in [0.5, 0.6) is 0 Å². The Morgan fingerprint density at radius 2 is 2.21 bits per heavy atom. The highest BCUT2D eigenvalue weighted by atomic mass is 16.4. The van der Waals surface area contributed by atoms with Gasteiger partial charge in [-0.25, -0.2) is 14.8 Å². The summed E-state index contributed by atoms with van der Waals surface area (Å²) in [6.45, 7) is 3.77. The SMILES string of the molecule is Cc1cnc(C2(C)CC2)nc1C(=O)O. The zero-order valence-electron chi connectivity index (χ0n) is 8.24. The van der Waals surface area contributed by atoms with E-state index in [-0.39, 0.29) is 11.1 Å². The molecule has 0 saturated heterocycles. The van der Waals surface area contributed by atoms with Crippen molar-refractivity contribution in [3.05, 3.63) is 23.3 Å². The van der Waals surface area contributed by atoms with E-state index in [9.17, 15) is 4.79 Å². The van der Waals surface area contributed by atoms with Crippen LogP contribution >= 0.6 is 0 Å². The molecule has 1 aromatic rings. The predicted molar refractivity (Wildman–Crippen MR) is 50.3 cm³/mol. The molecule has 0 aromatic carbocycles. The van der Waals surface area contributed by atoms with Gasteiger partial charge in [0.2, 0.25) is 0 Å². The maximum Gasteiger partial charge on any atom is 0.354 e. The molecule has 0 atom stereocenters. The van der Waals surface area contributed by atoms with Gasteiger partial charge in [0, 0.05) is 17.2 Å². The van der Waals surface area contributed by atoms with Gasteiger partial charge in [-0.1, -0.05) is 6.92 Å². The lowest BCUT2D eigenvalue weighted by Crippen LogP contribution is -2.12. The van der Waals surface area contributed by atoms with Crippen LogP contribution in [0.3, 0.4) is 0 Å². The van der Waals surface area contributed by atoms with E-state index in [0.717, 1.165) is 12.8 Å². The predicted octanol–water partition coefficient (Wildman–Crippen LogP) is 1.53. The molecular formula is C10H12N2O2. The van der Waals surface area contributed by atoms with E-state index in [1.165, 1.54) is 0 Å². The van der Waals surface area contributed by atoms with Crippen molar-refractivity contribution in [3.63, 3.8) is 0 Å². The number of aromatic nitrogens is 2. The molecule has 0 spiro atoms. The monoisotopic (exact) mass is 192 g/mol. The van der Waals surface area contributed by atoms with E-state index in [1.54, 1.807) is 13.1 Å². The lowest BCUT2D eigenvalue weighted by molar-refractivity contribution is 0.0689. The van der Waals surface area contributed by atoms with Crippen molar-refractivity contribution < 1.29 is 9.90 Å². The molecule has 0 radical (unpaired) electrons. The third-order valence-corrected chi connectivity index (χ3v) is 2.71. The lowest BCUT2D eigenvalue weighted by atomic mass is 10.1. The third-order valence-electron chi connectivity index (χ3n) is 2.71. The minimum Gasteiger partial charge on any atom is -0.477 e. The van der Waals surface area contributed by atoms with Gasteiger partial charge in [0.05, 0.1) is 0 Å². The van der Waals surface area contributed by atoms with Crippen LogP contribution in [0, 0.1) is 6.92 Å². The van der Waals surface area contributed by atoms with Gasteiger partial charge in [0.15, 0.2) is 5.69 Å². The van der Waals surface area contributed by atoms with Crippen molar-refractivity contribution in [2.24, 2.45) is 0 Å². The van der Waals surface area contributed by atoms with Crippen LogP contribution in [0.25, 0.3) is 0 Å². The molecule has 74 valence electrons. The topological polar surface area (TPSA) is 63.1 Å². The average molecular weight is 192 g/mol. The van der Waals surface area contributed by atoms with Crippen LogP contribution in [0.1, 0.15) is 41.6 Å². The maximum absolute atomic E-state index is 10.8. The Morgan fingerprint density at radius 3 is 2.71 bits per heavy atom. The summed E-state index contributed by atoms with van der Waals surface area (Å²) >= 11 is 0. The van der Waals surface area contributed by atoms with Gasteiger partial charge in [-0.3, -0.25) is 0 Å². The van der Waals surface area contributed by atoms with Gasteiger partial charge < -0.3 is 5.11 Å². The molecule has 14 heavy (non-hydrogen) atoms. The van der Waals surface area contributed by atoms with Crippen molar-refractivity contribution in [1.82, 2.24) is 9.97 Å². The number of aromatic carboxylic acids is 1. The van der Waals surface area contributed by atoms with E-state index in [0.29, 0.717) is 11.4 Å². The fourth-order valence-corrected chi connectivity index (χ4v) is 1.36. The summed E-state index contributed by atoms with van der Waals surface area (Å²) in [6.07, 6.45) is 3.69. The van der Waals surface area contributed by atoms with Gasteiger partial charge in [-0.2, -0.15) is 0 Å². The molecule has 4 nitrogen and oxygen atoms in total. The molecular weight excluding hydrogens is 180 g/mol. The van der Waals surface area contributed by atoms with Gasteiger partial charge in [0.1, 0.15) is 5.82 Å². The Kier molecular flexibility index (Phi) is 1.80. The van der Waals surface area contributed by atoms with E-state index < -0.39 is 5.97 Å². The Morgan fingerprint density at radius 1 is 1.57 bits per heavy atom. The van der Waals surface area contributed by atoms with Crippen LogP contribution in [0.15, 0.2) is 6.20 Å². The summed E-state index contributed by atoms with van der Waals surface area (Å²) in [4.78, 5) is 19.1. The van der Waals surface area contributed by atoms with E-state index >= 15 is 0 Å². The molecule has 1 N–H and O–H groups in total. The number of hydrogen-bond acceptors (Lipinski definition) is 3. The van der Waals surface area contributed by atoms with Crippen molar-refractivity contribution in [1.29, 1.82) is 0 Å². The number of carbonyl (C=O) groups is 1. The van der Waals surface area contributed by atoms with Crippen molar-refractivity contribution in [2.45, 2.75) is 32.1 Å². The van der Waals surface area contributed by atoms with Crippen LogP contribution < -0.4 is 0 Å². The minimum absolute atomic E-state index is 0.0257. The summed E-state index contributed by atoms with van der Waals surface area (Å²) < 4.78 is 0. The highest BCUT2D eigenvalue weighted by Crippen LogP contribution is 2.45. The summed E-state index contributed by atoms with van der Waals surface area (Å²) in [5, 5.41) is 8.89. The quantitative estimate of drug-likeness (QED) is 0.771. The van der Waals surface area contributed by atoms with Gasteiger partial charge >= 0.3 is 5.97 Å². The molecule has 2 rings (SSSR count). The standard InChI is InChI=1S/C10H12N2O2/c1-6-5-11-9(10(2)3-4-10)12-7(6)8(13)14/h5H,3-4H2,1-2H3,(H,13,14).